The largest absolute Gasteiger partial charge is 0.456 e. The van der Waals surface area contributed by atoms with Crippen molar-refractivity contribution in [1.29, 1.82) is 0 Å². The minimum absolute atomic E-state index is 0.336. The van der Waals surface area contributed by atoms with Crippen LogP contribution in [0.5, 0.6) is 0 Å². The summed E-state index contributed by atoms with van der Waals surface area (Å²) in [6, 6.07) is 56.4. The number of benzene rings is 7. The third kappa shape index (κ3) is 4.79. The first kappa shape index (κ1) is 28.3. The van der Waals surface area contributed by atoms with Gasteiger partial charge in [0.05, 0.1) is 0 Å². The Morgan fingerprint density at radius 2 is 1.06 bits per heavy atom. The first-order chi connectivity index (χ1) is 24.7. The fraction of sp³-hybridized carbons (Fsp3) is 0.0222. The molecule has 0 radical (unpaired) electrons. The normalized spacial score (nSPS) is 14.6. The van der Waals surface area contributed by atoms with Gasteiger partial charge in [0.25, 0.3) is 0 Å². The molecule has 1 aliphatic rings. The van der Waals surface area contributed by atoms with Crippen LogP contribution in [0.25, 0.3) is 66.1 Å². The second-order valence-electron chi connectivity index (χ2n) is 12.6. The van der Waals surface area contributed by atoms with Gasteiger partial charge < -0.3 is 14.2 Å². The molecular weight excluding hydrogens is 615 g/mol. The van der Waals surface area contributed by atoms with E-state index in [1.165, 1.54) is 11.1 Å². The molecule has 236 valence electrons. The average molecular weight is 644 g/mol. The number of nitrogens with one attached hydrogen (secondary N) is 1. The second kappa shape index (κ2) is 11.5. The minimum atomic E-state index is -0.336. The van der Waals surface area contributed by atoms with E-state index in [0.717, 1.165) is 77.5 Å². The molecule has 7 aromatic carbocycles. The number of rotatable bonds is 5. The highest BCUT2D eigenvalue weighted by Crippen LogP contribution is 2.36. The Labute approximate surface area is 287 Å². The van der Waals surface area contributed by atoms with Crippen molar-refractivity contribution in [3.63, 3.8) is 0 Å². The zero-order chi connectivity index (χ0) is 33.0. The van der Waals surface area contributed by atoms with Crippen molar-refractivity contribution in [2.24, 2.45) is 9.98 Å². The number of furan rings is 2. The lowest BCUT2D eigenvalue weighted by atomic mass is 9.98. The summed E-state index contributed by atoms with van der Waals surface area (Å²) in [5.41, 5.74) is 10.9. The second-order valence-corrected chi connectivity index (χ2v) is 12.6. The van der Waals surface area contributed by atoms with E-state index in [-0.39, 0.29) is 6.17 Å². The molecule has 0 saturated carbocycles. The Morgan fingerprint density at radius 3 is 1.90 bits per heavy atom. The van der Waals surface area contributed by atoms with Gasteiger partial charge in [-0.2, -0.15) is 0 Å². The molecule has 5 nitrogen and oxygen atoms in total. The lowest BCUT2D eigenvalue weighted by Crippen LogP contribution is -2.33. The highest BCUT2D eigenvalue weighted by molar-refractivity contribution is 6.22. The standard InChI is InChI=1S/C45H29N3O2/c1-3-10-28(11-4-1)29-18-20-30(21-19-29)32-23-25-39-37(26-32)42-36(15-9-17-40(42)49-39)45-47-43(31-12-5-2-6-13-31)46-44(48-45)33-22-24-35-34-14-7-8-16-38(34)50-41(35)27-33/h1-27,43H,(H,46,47,48). The molecule has 5 heteroatoms. The SMILES string of the molecule is c1ccc(-c2ccc(-c3ccc4oc5cccc(C6=NC(c7ccc8c(c7)oc7ccccc78)=NC(c7ccccc7)N6)c5c4c3)cc2)cc1. The highest BCUT2D eigenvalue weighted by Gasteiger charge is 2.24. The maximum Gasteiger partial charge on any atom is 0.159 e. The van der Waals surface area contributed by atoms with Crippen LogP contribution in [-0.2, 0) is 0 Å². The zero-order valence-electron chi connectivity index (χ0n) is 26.9. The lowest BCUT2D eigenvalue weighted by molar-refractivity contribution is 0.667. The molecule has 1 N–H and O–H groups in total. The molecule has 50 heavy (non-hydrogen) atoms. The molecule has 9 aromatic rings. The molecule has 3 heterocycles. The third-order valence-corrected chi connectivity index (χ3v) is 9.57. The van der Waals surface area contributed by atoms with Crippen LogP contribution in [0.1, 0.15) is 22.9 Å². The Kier molecular flexibility index (Phi) is 6.49. The van der Waals surface area contributed by atoms with E-state index < -0.39 is 0 Å². The molecule has 0 fully saturated rings. The van der Waals surface area contributed by atoms with Gasteiger partial charge in [0.1, 0.15) is 34.3 Å². The number of nitrogens with zero attached hydrogens (tertiary/aromatic N) is 2. The Morgan fingerprint density at radius 1 is 0.440 bits per heavy atom. The quantitative estimate of drug-likeness (QED) is 0.203. The monoisotopic (exact) mass is 643 g/mol. The van der Waals surface area contributed by atoms with Crippen molar-refractivity contribution in [2.45, 2.75) is 6.17 Å². The van der Waals surface area contributed by atoms with Crippen LogP contribution in [0.4, 0.5) is 0 Å². The average Bonchev–Trinajstić information content (AvgIpc) is 3.76. The van der Waals surface area contributed by atoms with E-state index in [0.29, 0.717) is 5.84 Å². The topological polar surface area (TPSA) is 63.0 Å². The van der Waals surface area contributed by atoms with Gasteiger partial charge in [0.2, 0.25) is 0 Å². The van der Waals surface area contributed by atoms with Crippen molar-refractivity contribution in [3.05, 3.63) is 180 Å². The summed E-state index contributed by atoms with van der Waals surface area (Å²) in [6.07, 6.45) is -0.336. The highest BCUT2D eigenvalue weighted by atomic mass is 16.3. The van der Waals surface area contributed by atoms with Gasteiger partial charge in [-0.05, 0) is 64.2 Å². The summed E-state index contributed by atoms with van der Waals surface area (Å²) in [4.78, 5) is 10.3. The molecular formula is C45H29N3O2. The van der Waals surface area contributed by atoms with Gasteiger partial charge in [-0.25, -0.2) is 9.98 Å². The summed E-state index contributed by atoms with van der Waals surface area (Å²) >= 11 is 0. The molecule has 1 unspecified atom stereocenters. The van der Waals surface area contributed by atoms with Crippen LogP contribution in [0.15, 0.2) is 183 Å². The van der Waals surface area contributed by atoms with Gasteiger partial charge in [-0.3, -0.25) is 0 Å². The van der Waals surface area contributed by atoms with Crippen LogP contribution in [0.2, 0.25) is 0 Å². The molecule has 2 aromatic heterocycles. The van der Waals surface area contributed by atoms with E-state index in [2.05, 4.69) is 108 Å². The summed E-state index contributed by atoms with van der Waals surface area (Å²) in [5.74, 6) is 1.37. The Balaban J connectivity index is 1.10. The van der Waals surface area contributed by atoms with Crippen LogP contribution >= 0.6 is 0 Å². The molecule has 0 amide bonds. The van der Waals surface area contributed by atoms with Crippen LogP contribution in [0.3, 0.4) is 0 Å². The van der Waals surface area contributed by atoms with Crippen molar-refractivity contribution >= 4 is 55.5 Å². The van der Waals surface area contributed by atoms with Crippen molar-refractivity contribution < 1.29 is 8.83 Å². The third-order valence-electron chi connectivity index (χ3n) is 9.57. The molecule has 0 spiro atoms. The number of para-hydroxylation sites is 1. The van der Waals surface area contributed by atoms with Gasteiger partial charge in [0.15, 0.2) is 5.84 Å². The number of hydrogen-bond acceptors (Lipinski definition) is 5. The van der Waals surface area contributed by atoms with E-state index in [1.807, 2.05) is 60.7 Å². The summed E-state index contributed by atoms with van der Waals surface area (Å²) in [6.45, 7) is 0. The van der Waals surface area contributed by atoms with Gasteiger partial charge in [-0.15, -0.1) is 0 Å². The molecule has 1 atom stereocenters. The number of aliphatic imine (C=N–C) groups is 2. The fourth-order valence-corrected chi connectivity index (χ4v) is 7.08. The van der Waals surface area contributed by atoms with Gasteiger partial charge in [0, 0.05) is 32.7 Å². The van der Waals surface area contributed by atoms with E-state index in [4.69, 9.17) is 18.8 Å². The molecule has 0 bridgehead atoms. The molecule has 0 aliphatic carbocycles. The number of fused-ring (bicyclic) bond motifs is 6. The van der Waals surface area contributed by atoms with E-state index >= 15 is 0 Å². The summed E-state index contributed by atoms with van der Waals surface area (Å²) in [5, 5.41) is 7.87. The van der Waals surface area contributed by atoms with E-state index in [1.54, 1.807) is 0 Å². The van der Waals surface area contributed by atoms with Crippen LogP contribution in [0, 0.1) is 0 Å². The maximum atomic E-state index is 6.43. The minimum Gasteiger partial charge on any atom is -0.456 e. The van der Waals surface area contributed by atoms with Gasteiger partial charge in [-0.1, -0.05) is 127 Å². The summed E-state index contributed by atoms with van der Waals surface area (Å²) in [7, 11) is 0. The smallest absolute Gasteiger partial charge is 0.159 e. The fourth-order valence-electron chi connectivity index (χ4n) is 7.08. The lowest BCUT2D eigenvalue weighted by Gasteiger charge is -2.24. The predicted octanol–water partition coefficient (Wildman–Crippen LogP) is 11.3. The first-order valence-electron chi connectivity index (χ1n) is 16.8. The molecule has 1 aliphatic heterocycles. The first-order valence-corrected chi connectivity index (χ1v) is 16.8. The van der Waals surface area contributed by atoms with E-state index in [9.17, 15) is 0 Å². The van der Waals surface area contributed by atoms with Crippen molar-refractivity contribution in [2.75, 3.05) is 0 Å². The van der Waals surface area contributed by atoms with Crippen LogP contribution < -0.4 is 5.32 Å². The predicted molar refractivity (Wildman–Crippen MR) is 204 cm³/mol. The number of hydrogen-bond donors (Lipinski definition) is 1. The molecule has 0 saturated heterocycles. The Bertz CT molecular complexity index is 2770. The maximum absolute atomic E-state index is 6.43. The van der Waals surface area contributed by atoms with Crippen molar-refractivity contribution in [3.8, 4) is 22.3 Å². The van der Waals surface area contributed by atoms with Gasteiger partial charge >= 0.3 is 0 Å². The number of amidine groups is 2. The van der Waals surface area contributed by atoms with Crippen molar-refractivity contribution in [1.82, 2.24) is 5.32 Å². The van der Waals surface area contributed by atoms with Crippen LogP contribution in [-0.4, -0.2) is 11.7 Å². The Hall–Kier alpha value is -6.72. The molecule has 10 rings (SSSR count). The summed E-state index contributed by atoms with van der Waals surface area (Å²) < 4.78 is 12.7. The zero-order valence-corrected chi connectivity index (χ0v) is 26.9.